The van der Waals surface area contributed by atoms with Gasteiger partial charge in [0, 0.05) is 18.5 Å². The molecule has 1 aliphatic heterocycles. The minimum absolute atomic E-state index is 0.0860. The van der Waals surface area contributed by atoms with Crippen molar-refractivity contribution in [2.75, 3.05) is 26.3 Å². The third kappa shape index (κ3) is 2.99. The Balaban J connectivity index is 1.96. The molecule has 0 spiro atoms. The Kier molecular flexibility index (Phi) is 3.67. The summed E-state index contributed by atoms with van der Waals surface area (Å²) in [6.07, 6.45) is 0. The van der Waals surface area contributed by atoms with Crippen molar-refractivity contribution < 1.29 is 19.4 Å². The van der Waals surface area contributed by atoms with E-state index in [4.69, 9.17) is 9.84 Å². The highest BCUT2D eigenvalue weighted by Gasteiger charge is 2.18. The number of nitrogens with one attached hydrogen (secondary N) is 1. The Morgan fingerprint density at radius 3 is 2.76 bits per heavy atom. The van der Waals surface area contributed by atoms with Crippen LogP contribution in [0.1, 0.15) is 20.3 Å². The second kappa shape index (κ2) is 5.21. The first-order valence-corrected chi connectivity index (χ1v) is 5.87. The van der Waals surface area contributed by atoms with Gasteiger partial charge in [-0.2, -0.15) is 0 Å². The number of hydrogen-bond donors (Lipinski definition) is 2. The molecule has 0 aromatic carbocycles. The number of hydrazine groups is 1. The molecule has 1 aliphatic rings. The van der Waals surface area contributed by atoms with Crippen LogP contribution in [0, 0.1) is 0 Å². The first-order chi connectivity index (χ1) is 8.16. The fourth-order valence-electron chi connectivity index (χ4n) is 1.35. The largest absolute Gasteiger partial charge is 0.476 e. The molecule has 1 saturated heterocycles. The van der Waals surface area contributed by atoms with Crippen LogP contribution >= 0.6 is 11.3 Å². The molecule has 92 valence electrons. The summed E-state index contributed by atoms with van der Waals surface area (Å²) >= 11 is 0.933. The molecular formula is C9H11N3O4S. The molecule has 0 saturated carbocycles. The number of carbonyl (C=O) groups excluding carboxylic acids is 1. The summed E-state index contributed by atoms with van der Waals surface area (Å²) in [7, 11) is 0. The molecule has 1 amide bonds. The van der Waals surface area contributed by atoms with E-state index in [1.165, 1.54) is 5.38 Å². The van der Waals surface area contributed by atoms with Crippen molar-refractivity contribution in [1.29, 1.82) is 0 Å². The fraction of sp³-hybridized carbons (Fsp3) is 0.444. The van der Waals surface area contributed by atoms with Crippen LogP contribution in [0.5, 0.6) is 0 Å². The van der Waals surface area contributed by atoms with Crippen LogP contribution < -0.4 is 5.43 Å². The molecule has 17 heavy (non-hydrogen) atoms. The van der Waals surface area contributed by atoms with Gasteiger partial charge in [-0.15, -0.1) is 11.3 Å². The number of nitrogens with zero attached hydrogens (tertiary/aromatic N) is 2. The van der Waals surface area contributed by atoms with Crippen molar-refractivity contribution in [3.8, 4) is 0 Å². The van der Waals surface area contributed by atoms with Gasteiger partial charge in [0.2, 0.25) is 5.01 Å². The normalized spacial score (nSPS) is 16.7. The standard InChI is InChI=1S/C9H11N3O4S/c13-7(11-12-1-3-16-4-2-12)6-5-17-8(10-6)9(14)15/h5H,1-4H2,(H,11,13)(H,14,15). The number of amides is 1. The second-order valence-corrected chi connectivity index (χ2v) is 4.24. The van der Waals surface area contributed by atoms with Gasteiger partial charge >= 0.3 is 5.97 Å². The molecule has 1 aromatic rings. The SMILES string of the molecule is O=C(NN1CCOCC1)c1csc(C(=O)O)n1. The highest BCUT2D eigenvalue weighted by atomic mass is 32.1. The summed E-state index contributed by atoms with van der Waals surface area (Å²) in [6.45, 7) is 2.36. The van der Waals surface area contributed by atoms with Gasteiger partial charge in [-0.05, 0) is 0 Å². The second-order valence-electron chi connectivity index (χ2n) is 3.38. The highest BCUT2D eigenvalue weighted by molar-refractivity contribution is 7.11. The molecule has 7 nitrogen and oxygen atoms in total. The maximum absolute atomic E-state index is 11.7. The summed E-state index contributed by atoms with van der Waals surface area (Å²) < 4.78 is 5.14. The zero-order chi connectivity index (χ0) is 12.3. The smallest absolute Gasteiger partial charge is 0.365 e. The van der Waals surface area contributed by atoms with Crippen molar-refractivity contribution in [3.05, 3.63) is 16.1 Å². The minimum atomic E-state index is -1.12. The summed E-state index contributed by atoms with van der Waals surface area (Å²) in [5.74, 6) is -1.52. The highest BCUT2D eigenvalue weighted by Crippen LogP contribution is 2.09. The van der Waals surface area contributed by atoms with Crippen molar-refractivity contribution in [2.45, 2.75) is 0 Å². The Morgan fingerprint density at radius 2 is 2.18 bits per heavy atom. The number of thiazole rings is 1. The molecule has 0 atom stereocenters. The third-order valence-electron chi connectivity index (χ3n) is 2.19. The van der Waals surface area contributed by atoms with Crippen LogP contribution in [0.3, 0.4) is 0 Å². The number of rotatable bonds is 3. The van der Waals surface area contributed by atoms with Crippen molar-refractivity contribution in [2.24, 2.45) is 0 Å². The van der Waals surface area contributed by atoms with Gasteiger partial charge in [0.1, 0.15) is 5.69 Å². The third-order valence-corrected chi connectivity index (χ3v) is 3.02. The number of carboxylic acid groups (broad SMARTS) is 1. The Hall–Kier alpha value is -1.51. The van der Waals surface area contributed by atoms with Gasteiger partial charge in [-0.1, -0.05) is 0 Å². The lowest BCUT2D eigenvalue weighted by Gasteiger charge is -2.26. The zero-order valence-corrected chi connectivity index (χ0v) is 9.70. The summed E-state index contributed by atoms with van der Waals surface area (Å²) in [5, 5.41) is 11.8. The average Bonchev–Trinajstić information content (AvgIpc) is 2.79. The van der Waals surface area contributed by atoms with Gasteiger partial charge in [-0.3, -0.25) is 10.2 Å². The van der Waals surface area contributed by atoms with E-state index in [1.807, 2.05) is 0 Å². The van der Waals surface area contributed by atoms with E-state index in [2.05, 4.69) is 10.4 Å². The van der Waals surface area contributed by atoms with E-state index in [0.29, 0.717) is 26.3 Å². The zero-order valence-electron chi connectivity index (χ0n) is 8.88. The van der Waals surface area contributed by atoms with Crippen LogP contribution in [0.25, 0.3) is 0 Å². The fourth-order valence-corrected chi connectivity index (χ4v) is 1.99. The number of aromatic carboxylic acids is 1. The van der Waals surface area contributed by atoms with Crippen LogP contribution in [-0.2, 0) is 4.74 Å². The Labute approximate surface area is 101 Å². The molecule has 1 fully saturated rings. The van der Waals surface area contributed by atoms with Gasteiger partial charge in [0.15, 0.2) is 0 Å². The lowest BCUT2D eigenvalue weighted by molar-refractivity contribution is 0.0125. The quantitative estimate of drug-likeness (QED) is 0.780. The molecule has 0 radical (unpaired) electrons. The van der Waals surface area contributed by atoms with E-state index in [-0.39, 0.29) is 10.7 Å². The molecule has 0 aliphatic carbocycles. The number of ether oxygens (including phenoxy) is 1. The van der Waals surface area contributed by atoms with Gasteiger partial charge in [0.25, 0.3) is 5.91 Å². The first kappa shape index (κ1) is 12.0. The summed E-state index contributed by atoms with van der Waals surface area (Å²) in [6, 6.07) is 0. The number of carbonyl (C=O) groups is 2. The minimum Gasteiger partial charge on any atom is -0.476 e. The topological polar surface area (TPSA) is 91.8 Å². The number of morpholine rings is 1. The van der Waals surface area contributed by atoms with Crippen LogP contribution in [0.4, 0.5) is 0 Å². The Morgan fingerprint density at radius 1 is 1.47 bits per heavy atom. The van der Waals surface area contributed by atoms with E-state index in [1.54, 1.807) is 5.01 Å². The van der Waals surface area contributed by atoms with Gasteiger partial charge in [0.05, 0.1) is 13.2 Å². The van der Waals surface area contributed by atoms with Crippen LogP contribution in [0.15, 0.2) is 5.38 Å². The maximum Gasteiger partial charge on any atom is 0.365 e. The molecule has 1 aromatic heterocycles. The van der Waals surface area contributed by atoms with Crippen molar-refractivity contribution >= 4 is 23.2 Å². The monoisotopic (exact) mass is 257 g/mol. The summed E-state index contributed by atoms with van der Waals surface area (Å²) in [5.41, 5.74) is 2.78. The predicted molar refractivity (Wildman–Crippen MR) is 58.9 cm³/mol. The Bertz CT molecular complexity index is 428. The molecule has 8 heteroatoms. The predicted octanol–water partition coefficient (Wildman–Crippen LogP) is -0.182. The molecule has 0 bridgehead atoms. The maximum atomic E-state index is 11.7. The molecule has 0 unspecified atom stereocenters. The van der Waals surface area contributed by atoms with Gasteiger partial charge < -0.3 is 9.84 Å². The van der Waals surface area contributed by atoms with Gasteiger partial charge in [-0.25, -0.2) is 14.8 Å². The average molecular weight is 257 g/mol. The van der Waals surface area contributed by atoms with E-state index < -0.39 is 11.9 Å². The first-order valence-electron chi connectivity index (χ1n) is 4.99. The summed E-state index contributed by atoms with van der Waals surface area (Å²) in [4.78, 5) is 26.0. The van der Waals surface area contributed by atoms with Crippen molar-refractivity contribution in [1.82, 2.24) is 15.4 Å². The molecule has 2 N–H and O–H groups in total. The van der Waals surface area contributed by atoms with Crippen LogP contribution in [0.2, 0.25) is 0 Å². The van der Waals surface area contributed by atoms with E-state index in [0.717, 1.165) is 11.3 Å². The lowest BCUT2D eigenvalue weighted by Crippen LogP contribution is -2.48. The number of carboxylic acids is 1. The molecule has 2 heterocycles. The van der Waals surface area contributed by atoms with E-state index >= 15 is 0 Å². The number of aromatic nitrogens is 1. The van der Waals surface area contributed by atoms with Crippen LogP contribution in [-0.4, -0.2) is 53.3 Å². The van der Waals surface area contributed by atoms with E-state index in [9.17, 15) is 9.59 Å². The lowest BCUT2D eigenvalue weighted by atomic mass is 10.4. The van der Waals surface area contributed by atoms with Crippen molar-refractivity contribution in [3.63, 3.8) is 0 Å². The molecular weight excluding hydrogens is 246 g/mol. The molecule has 2 rings (SSSR count). The number of hydrogen-bond acceptors (Lipinski definition) is 6.